The Labute approximate surface area is 165 Å². The molecule has 27 heavy (non-hydrogen) atoms. The Hall–Kier alpha value is -1.99. The van der Waals surface area contributed by atoms with Crippen molar-refractivity contribution in [2.24, 2.45) is 4.99 Å². The van der Waals surface area contributed by atoms with Crippen LogP contribution in [0.15, 0.2) is 41.5 Å². The number of hydrogen-bond acceptors (Lipinski definition) is 4. The Morgan fingerprint density at radius 1 is 1.33 bits per heavy atom. The molecule has 0 radical (unpaired) electrons. The molecule has 0 bridgehead atoms. The van der Waals surface area contributed by atoms with Crippen molar-refractivity contribution in [1.29, 1.82) is 0 Å². The van der Waals surface area contributed by atoms with Gasteiger partial charge in [-0.1, -0.05) is 30.3 Å². The maximum absolute atomic E-state index is 5.53. The van der Waals surface area contributed by atoms with E-state index < -0.39 is 0 Å². The first-order valence-electron chi connectivity index (χ1n) is 9.30. The predicted molar refractivity (Wildman–Crippen MR) is 113 cm³/mol. The topological polar surface area (TPSA) is 65.5 Å². The third-order valence-electron chi connectivity index (χ3n) is 5.08. The third kappa shape index (κ3) is 5.05. The summed E-state index contributed by atoms with van der Waals surface area (Å²) in [6.45, 7) is 3.24. The summed E-state index contributed by atoms with van der Waals surface area (Å²) in [4.78, 5) is 14.5. The van der Waals surface area contributed by atoms with Gasteiger partial charge in [0.25, 0.3) is 0 Å². The summed E-state index contributed by atoms with van der Waals surface area (Å²) in [7, 11) is 3.86. The van der Waals surface area contributed by atoms with Crippen molar-refractivity contribution < 1.29 is 4.74 Å². The van der Waals surface area contributed by atoms with Gasteiger partial charge < -0.3 is 19.9 Å². The molecule has 6 nitrogen and oxygen atoms in total. The number of thioether (sulfide) groups is 1. The highest BCUT2D eigenvalue weighted by Crippen LogP contribution is 2.33. The third-order valence-corrected chi connectivity index (χ3v) is 6.50. The molecule has 2 aromatic rings. The molecule has 1 aliphatic rings. The lowest BCUT2D eigenvalue weighted by atomic mass is 9.99. The van der Waals surface area contributed by atoms with Gasteiger partial charge in [0.15, 0.2) is 5.96 Å². The van der Waals surface area contributed by atoms with Crippen LogP contribution in [0.2, 0.25) is 0 Å². The number of guanidine groups is 1. The highest BCUT2D eigenvalue weighted by atomic mass is 32.2. The number of hydrogen-bond donors (Lipinski definition) is 2. The van der Waals surface area contributed by atoms with E-state index in [1.165, 1.54) is 0 Å². The first-order valence-corrected chi connectivity index (χ1v) is 10.5. The van der Waals surface area contributed by atoms with E-state index in [1.807, 2.05) is 50.3 Å². The van der Waals surface area contributed by atoms with Crippen LogP contribution in [0.25, 0.3) is 11.3 Å². The van der Waals surface area contributed by atoms with Crippen LogP contribution in [0.4, 0.5) is 0 Å². The first kappa shape index (κ1) is 19.8. The number of imidazole rings is 1. The summed E-state index contributed by atoms with van der Waals surface area (Å²) in [5.74, 6) is 1.80. The van der Waals surface area contributed by atoms with Gasteiger partial charge in [0.2, 0.25) is 0 Å². The summed E-state index contributed by atoms with van der Waals surface area (Å²) >= 11 is 1.93. The standard InChI is InChI=1S/C20H29N5OS/c1-21-19(23-15-20(27-3)9-11-26-12-10-20)25(2)14-18-22-13-17(24-18)16-7-5-4-6-8-16/h4-8,13H,9-12,14-15H2,1-3H3,(H,21,23)(H,22,24). The van der Waals surface area contributed by atoms with Gasteiger partial charge in [-0.2, -0.15) is 11.8 Å². The Morgan fingerprint density at radius 2 is 2.07 bits per heavy atom. The van der Waals surface area contributed by atoms with Crippen molar-refractivity contribution in [2.45, 2.75) is 24.1 Å². The van der Waals surface area contributed by atoms with E-state index >= 15 is 0 Å². The fourth-order valence-electron chi connectivity index (χ4n) is 3.33. The Kier molecular flexibility index (Phi) is 6.79. The minimum absolute atomic E-state index is 0.222. The number of rotatable bonds is 6. The SMILES string of the molecule is CN=C(NCC1(SC)CCOCC1)N(C)Cc1ncc(-c2ccccc2)[nH]1. The van der Waals surface area contributed by atoms with Crippen LogP contribution in [0.5, 0.6) is 0 Å². The number of aromatic nitrogens is 2. The average Bonchev–Trinajstić information content (AvgIpc) is 3.18. The highest BCUT2D eigenvalue weighted by molar-refractivity contribution is 8.00. The summed E-state index contributed by atoms with van der Waals surface area (Å²) < 4.78 is 5.75. The van der Waals surface area contributed by atoms with Gasteiger partial charge in [0.1, 0.15) is 5.82 Å². The molecule has 1 aromatic carbocycles. The molecule has 3 rings (SSSR count). The second-order valence-electron chi connectivity index (χ2n) is 6.87. The maximum atomic E-state index is 5.53. The average molecular weight is 388 g/mol. The van der Waals surface area contributed by atoms with Gasteiger partial charge in [-0.15, -0.1) is 0 Å². The molecule has 2 N–H and O–H groups in total. The number of nitrogens with one attached hydrogen (secondary N) is 2. The zero-order valence-electron chi connectivity index (χ0n) is 16.4. The molecule has 1 fully saturated rings. The van der Waals surface area contributed by atoms with Crippen LogP contribution in [-0.4, -0.2) is 65.7 Å². The zero-order valence-corrected chi connectivity index (χ0v) is 17.2. The molecule has 1 aliphatic heterocycles. The second-order valence-corrected chi connectivity index (χ2v) is 8.14. The van der Waals surface area contributed by atoms with Crippen molar-refractivity contribution in [3.8, 4) is 11.3 Å². The van der Waals surface area contributed by atoms with Gasteiger partial charge in [-0.05, 0) is 24.7 Å². The molecule has 7 heteroatoms. The minimum atomic E-state index is 0.222. The van der Waals surface area contributed by atoms with Crippen LogP contribution >= 0.6 is 11.8 Å². The van der Waals surface area contributed by atoms with Gasteiger partial charge in [0, 0.05) is 38.6 Å². The number of H-pyrrole nitrogens is 1. The molecule has 2 heterocycles. The van der Waals surface area contributed by atoms with Crippen LogP contribution in [0, 0.1) is 0 Å². The summed E-state index contributed by atoms with van der Waals surface area (Å²) in [5.41, 5.74) is 2.17. The molecular formula is C20H29N5OS. The number of benzene rings is 1. The lowest BCUT2D eigenvalue weighted by Crippen LogP contribution is -2.48. The molecule has 0 atom stereocenters. The molecule has 146 valence electrons. The number of aliphatic imine (C=N–C) groups is 1. The predicted octanol–water partition coefficient (Wildman–Crippen LogP) is 3.00. The molecule has 0 spiro atoms. The maximum Gasteiger partial charge on any atom is 0.193 e. The van der Waals surface area contributed by atoms with Gasteiger partial charge in [-0.3, -0.25) is 4.99 Å². The van der Waals surface area contributed by atoms with E-state index in [0.717, 1.165) is 55.6 Å². The van der Waals surface area contributed by atoms with E-state index in [4.69, 9.17) is 4.74 Å². The van der Waals surface area contributed by atoms with E-state index in [1.54, 1.807) is 0 Å². The summed E-state index contributed by atoms with van der Waals surface area (Å²) in [5, 5.41) is 3.55. The molecular weight excluding hydrogens is 358 g/mol. The van der Waals surface area contributed by atoms with Crippen molar-refractivity contribution in [3.05, 3.63) is 42.4 Å². The molecule has 0 saturated carbocycles. The number of aromatic amines is 1. The molecule has 1 aromatic heterocycles. The van der Waals surface area contributed by atoms with Crippen LogP contribution in [-0.2, 0) is 11.3 Å². The van der Waals surface area contributed by atoms with Crippen LogP contribution in [0.1, 0.15) is 18.7 Å². The Balaban J connectivity index is 1.59. The van der Waals surface area contributed by atoms with Crippen molar-refractivity contribution in [2.75, 3.05) is 40.1 Å². The monoisotopic (exact) mass is 387 g/mol. The summed E-state index contributed by atoms with van der Waals surface area (Å²) in [6, 6.07) is 10.2. The largest absolute Gasteiger partial charge is 0.381 e. The van der Waals surface area contributed by atoms with E-state index in [2.05, 4.69) is 43.6 Å². The van der Waals surface area contributed by atoms with Crippen molar-refractivity contribution >= 4 is 17.7 Å². The Morgan fingerprint density at radius 3 is 2.74 bits per heavy atom. The first-order chi connectivity index (χ1) is 13.2. The number of ether oxygens (including phenoxy) is 1. The number of nitrogens with zero attached hydrogens (tertiary/aromatic N) is 3. The summed E-state index contributed by atoms with van der Waals surface area (Å²) in [6.07, 6.45) is 6.22. The van der Waals surface area contributed by atoms with E-state index in [9.17, 15) is 0 Å². The van der Waals surface area contributed by atoms with Gasteiger partial charge in [0.05, 0.1) is 18.4 Å². The molecule has 1 saturated heterocycles. The molecule has 0 amide bonds. The van der Waals surface area contributed by atoms with Crippen molar-refractivity contribution in [1.82, 2.24) is 20.2 Å². The van der Waals surface area contributed by atoms with E-state index in [-0.39, 0.29) is 4.75 Å². The van der Waals surface area contributed by atoms with E-state index in [0.29, 0.717) is 6.54 Å². The minimum Gasteiger partial charge on any atom is -0.381 e. The fourth-order valence-corrected chi connectivity index (χ4v) is 4.12. The molecule has 0 aliphatic carbocycles. The highest BCUT2D eigenvalue weighted by Gasteiger charge is 2.32. The second kappa shape index (κ2) is 9.28. The van der Waals surface area contributed by atoms with Gasteiger partial charge >= 0.3 is 0 Å². The lowest BCUT2D eigenvalue weighted by molar-refractivity contribution is 0.0781. The molecule has 0 unspecified atom stereocenters. The quantitative estimate of drug-likeness (QED) is 0.589. The Bertz CT molecular complexity index is 740. The van der Waals surface area contributed by atoms with Crippen molar-refractivity contribution in [3.63, 3.8) is 0 Å². The normalized spacial score (nSPS) is 16.9. The zero-order chi connectivity index (χ0) is 19.1. The van der Waals surface area contributed by atoms with Crippen LogP contribution < -0.4 is 5.32 Å². The lowest BCUT2D eigenvalue weighted by Gasteiger charge is -2.36. The fraction of sp³-hybridized carbons (Fsp3) is 0.500. The smallest absolute Gasteiger partial charge is 0.193 e. The van der Waals surface area contributed by atoms with Gasteiger partial charge in [-0.25, -0.2) is 4.98 Å². The van der Waals surface area contributed by atoms with Crippen LogP contribution in [0.3, 0.4) is 0 Å².